The van der Waals surface area contributed by atoms with Crippen molar-refractivity contribution in [2.24, 2.45) is 17.3 Å². The molecule has 2 aliphatic carbocycles. The van der Waals surface area contributed by atoms with Crippen LogP contribution in [0.2, 0.25) is 5.02 Å². The fourth-order valence-corrected chi connectivity index (χ4v) is 7.65. The van der Waals surface area contributed by atoms with Crippen LogP contribution in [0.5, 0.6) is 0 Å². The van der Waals surface area contributed by atoms with Gasteiger partial charge in [-0.2, -0.15) is 0 Å². The molecule has 6 rings (SSSR count). The highest BCUT2D eigenvalue weighted by molar-refractivity contribution is 6.32. The predicted octanol–water partition coefficient (Wildman–Crippen LogP) is 6.40. The Morgan fingerprint density at radius 2 is 1.89 bits per heavy atom. The van der Waals surface area contributed by atoms with Gasteiger partial charge < -0.3 is 10.1 Å². The van der Waals surface area contributed by atoms with Gasteiger partial charge in [-0.05, 0) is 111 Å². The minimum absolute atomic E-state index is 0.0966. The molecule has 2 aromatic rings. The second-order valence-corrected chi connectivity index (χ2v) is 12.3. The Labute approximate surface area is 213 Å². The van der Waals surface area contributed by atoms with Crippen molar-refractivity contribution in [2.45, 2.75) is 76.7 Å². The third-order valence-electron chi connectivity index (χ3n) is 10.1. The maximum atomic E-state index is 12.9. The van der Waals surface area contributed by atoms with Crippen molar-refractivity contribution in [3.8, 4) is 0 Å². The zero-order valence-electron chi connectivity index (χ0n) is 21.1. The summed E-state index contributed by atoms with van der Waals surface area (Å²) in [7, 11) is 0. The smallest absolute Gasteiger partial charge is 0.229 e. The Balaban J connectivity index is 1.15. The van der Waals surface area contributed by atoms with E-state index in [2.05, 4.69) is 41.2 Å². The van der Waals surface area contributed by atoms with E-state index in [1.54, 1.807) is 0 Å². The molecule has 4 fully saturated rings. The summed E-state index contributed by atoms with van der Waals surface area (Å²) < 4.78 is 5.49. The number of hydrogen-bond acceptors (Lipinski definition) is 4. The van der Waals surface area contributed by atoms with E-state index in [1.807, 2.05) is 12.3 Å². The molecule has 188 valence electrons. The molecule has 3 atom stereocenters. The molecule has 2 saturated carbocycles. The molecule has 2 saturated heterocycles. The number of rotatable bonds is 4. The van der Waals surface area contributed by atoms with Crippen LogP contribution in [0, 0.1) is 17.3 Å². The number of benzene rings is 1. The van der Waals surface area contributed by atoms with Gasteiger partial charge in [0.2, 0.25) is 5.91 Å². The molecule has 1 aromatic heterocycles. The molecule has 2 aliphatic heterocycles. The molecular weight excluding hydrogens is 458 g/mol. The lowest BCUT2D eigenvalue weighted by atomic mass is 9.83. The fourth-order valence-electron chi connectivity index (χ4n) is 7.32. The highest BCUT2D eigenvalue weighted by Crippen LogP contribution is 2.59. The predicted molar refractivity (Wildman–Crippen MR) is 141 cm³/mol. The molecule has 3 heterocycles. The monoisotopic (exact) mass is 495 g/mol. The van der Waals surface area contributed by atoms with Crippen molar-refractivity contribution < 1.29 is 9.53 Å². The van der Waals surface area contributed by atoms with Crippen molar-refractivity contribution >= 4 is 34.1 Å². The fraction of sp³-hybridized carbons (Fsp3) is 0.655. The summed E-state index contributed by atoms with van der Waals surface area (Å²) in [6, 6.07) is 6.31. The average Bonchev–Trinajstić information content (AvgIpc) is 3.44. The van der Waals surface area contributed by atoms with E-state index in [1.165, 1.54) is 24.8 Å². The van der Waals surface area contributed by atoms with Crippen LogP contribution < -0.4 is 5.32 Å². The molecule has 4 aliphatic rings. The zero-order valence-corrected chi connectivity index (χ0v) is 21.9. The van der Waals surface area contributed by atoms with Crippen LogP contribution in [0.1, 0.15) is 76.7 Å². The van der Waals surface area contributed by atoms with E-state index in [4.69, 9.17) is 16.3 Å². The lowest BCUT2D eigenvalue weighted by molar-refractivity contribution is -0.118. The minimum Gasteiger partial charge on any atom is -0.381 e. The topological polar surface area (TPSA) is 54.5 Å². The number of pyridine rings is 1. The summed E-state index contributed by atoms with van der Waals surface area (Å²) in [6.45, 7) is 8.74. The van der Waals surface area contributed by atoms with Gasteiger partial charge in [0.05, 0.1) is 0 Å². The number of nitrogens with zero attached hydrogens (tertiary/aromatic N) is 2. The molecule has 1 N–H and O–H groups in total. The molecule has 1 unspecified atom stereocenters. The number of likely N-dealkylation sites (tertiary alicyclic amines) is 1. The van der Waals surface area contributed by atoms with E-state index >= 15 is 0 Å². The molecule has 6 heteroatoms. The van der Waals surface area contributed by atoms with Crippen LogP contribution in [0.15, 0.2) is 24.4 Å². The first-order valence-corrected chi connectivity index (χ1v) is 14.0. The van der Waals surface area contributed by atoms with Crippen LogP contribution in [0.25, 0.3) is 10.8 Å². The highest BCUT2D eigenvalue weighted by atomic mass is 35.5. The van der Waals surface area contributed by atoms with Gasteiger partial charge >= 0.3 is 0 Å². The summed E-state index contributed by atoms with van der Waals surface area (Å²) in [4.78, 5) is 20.2. The summed E-state index contributed by atoms with van der Waals surface area (Å²) >= 11 is 6.79. The van der Waals surface area contributed by atoms with E-state index in [0.29, 0.717) is 17.3 Å². The average molecular weight is 496 g/mol. The Hall–Kier alpha value is -1.69. The van der Waals surface area contributed by atoms with Crippen LogP contribution in [0.4, 0.5) is 5.82 Å². The molecule has 1 amide bonds. The van der Waals surface area contributed by atoms with Gasteiger partial charge in [0.1, 0.15) is 5.82 Å². The van der Waals surface area contributed by atoms with Gasteiger partial charge in [-0.15, -0.1) is 0 Å². The first-order chi connectivity index (χ1) is 16.9. The standard InChI is InChI=1S/C29H38ClN3O2/c1-19-4-3-7-28(19,2)33-10-5-20(6-11-33)23-14-21-16-26(31-18-22(21)15-25(23)30)32-27(34)24-17-29(24)8-12-35-13-9-29/h14-16,18-20,24H,3-13,17H2,1-2H3,(H,31,32,34)/t19?,24-,28+/m1/s1. The van der Waals surface area contributed by atoms with Gasteiger partial charge in [0.15, 0.2) is 0 Å². The minimum atomic E-state index is 0.0966. The second-order valence-electron chi connectivity index (χ2n) is 11.9. The first kappa shape index (κ1) is 23.7. The summed E-state index contributed by atoms with van der Waals surface area (Å²) in [5.74, 6) is 2.10. The molecule has 0 bridgehead atoms. The first-order valence-electron chi connectivity index (χ1n) is 13.6. The normalized spacial score (nSPS) is 31.2. The summed E-state index contributed by atoms with van der Waals surface area (Å²) in [5.41, 5.74) is 1.78. The molecule has 1 aromatic carbocycles. The molecule has 35 heavy (non-hydrogen) atoms. The number of piperidine rings is 1. The van der Waals surface area contributed by atoms with Gasteiger partial charge in [-0.3, -0.25) is 9.69 Å². The number of nitrogens with one attached hydrogen (secondary N) is 1. The van der Waals surface area contributed by atoms with Gasteiger partial charge in [-0.25, -0.2) is 4.98 Å². The van der Waals surface area contributed by atoms with Crippen LogP contribution in [-0.4, -0.2) is 47.6 Å². The number of ether oxygens (including phenoxy) is 1. The number of fused-ring (bicyclic) bond motifs is 1. The van der Waals surface area contributed by atoms with Gasteiger partial charge in [-0.1, -0.05) is 24.9 Å². The number of carbonyl (C=O) groups is 1. The van der Waals surface area contributed by atoms with E-state index in [9.17, 15) is 4.79 Å². The third kappa shape index (κ3) is 4.28. The van der Waals surface area contributed by atoms with Crippen LogP contribution in [0.3, 0.4) is 0 Å². The number of hydrogen-bond donors (Lipinski definition) is 1. The second kappa shape index (κ2) is 9.00. The number of amides is 1. The maximum absolute atomic E-state index is 12.9. The van der Waals surface area contributed by atoms with E-state index in [-0.39, 0.29) is 17.2 Å². The van der Waals surface area contributed by atoms with E-state index < -0.39 is 0 Å². The third-order valence-corrected chi connectivity index (χ3v) is 10.4. The number of carbonyl (C=O) groups excluding carboxylic acids is 1. The Bertz CT molecular complexity index is 1120. The van der Waals surface area contributed by atoms with Crippen molar-refractivity contribution in [1.29, 1.82) is 0 Å². The highest BCUT2D eigenvalue weighted by Gasteiger charge is 2.58. The van der Waals surface area contributed by atoms with Crippen LogP contribution in [-0.2, 0) is 9.53 Å². The van der Waals surface area contributed by atoms with E-state index in [0.717, 1.165) is 80.1 Å². The van der Waals surface area contributed by atoms with Crippen LogP contribution >= 0.6 is 11.6 Å². The number of anilines is 1. The summed E-state index contributed by atoms with van der Waals surface area (Å²) in [6.07, 6.45) is 11.1. The lowest BCUT2D eigenvalue weighted by Crippen LogP contribution is -2.51. The SMILES string of the molecule is CC1CCC[C@]1(C)N1CCC(c2cc3cc(NC(=O)[C@H]4CC45CCOCC5)ncc3cc2Cl)CC1. The van der Waals surface area contributed by atoms with Crippen molar-refractivity contribution in [2.75, 3.05) is 31.6 Å². The molecule has 0 radical (unpaired) electrons. The lowest BCUT2D eigenvalue weighted by Gasteiger charge is -2.46. The number of aromatic nitrogens is 1. The van der Waals surface area contributed by atoms with Gasteiger partial charge in [0.25, 0.3) is 0 Å². The Kier molecular flexibility index (Phi) is 6.10. The van der Waals surface area contributed by atoms with Gasteiger partial charge in [0, 0.05) is 41.3 Å². The van der Waals surface area contributed by atoms with Crippen molar-refractivity contribution in [1.82, 2.24) is 9.88 Å². The quantitative estimate of drug-likeness (QED) is 0.533. The maximum Gasteiger partial charge on any atom is 0.229 e. The molecular formula is C29H38ClN3O2. The Morgan fingerprint density at radius 1 is 1.11 bits per heavy atom. The van der Waals surface area contributed by atoms with Crippen molar-refractivity contribution in [3.63, 3.8) is 0 Å². The molecule has 1 spiro atoms. The van der Waals surface area contributed by atoms with Crippen molar-refractivity contribution in [3.05, 3.63) is 35.0 Å². The zero-order chi connectivity index (χ0) is 24.2. The summed E-state index contributed by atoms with van der Waals surface area (Å²) in [5, 5.41) is 6.06. The Morgan fingerprint density at radius 3 is 2.60 bits per heavy atom. The number of halogens is 1. The molecule has 5 nitrogen and oxygen atoms in total. The largest absolute Gasteiger partial charge is 0.381 e.